The molecule has 0 fully saturated rings. The molecule has 3 rings (SSSR count). The fourth-order valence-electron chi connectivity index (χ4n) is 2.38. The van der Waals surface area contributed by atoms with Crippen LogP contribution in [-0.4, -0.2) is 41.9 Å². The molecule has 2 aromatic heterocycles. The molecule has 0 saturated heterocycles. The third kappa shape index (κ3) is 3.08. The monoisotopic (exact) mass is 359 g/mol. The van der Waals surface area contributed by atoms with Gasteiger partial charge in [0.05, 0.1) is 38.2 Å². The summed E-state index contributed by atoms with van der Waals surface area (Å²) in [6, 6.07) is 7.53. The Kier molecular flexibility index (Phi) is 4.71. The lowest BCUT2D eigenvalue weighted by molar-refractivity contribution is -0.133. The highest BCUT2D eigenvalue weighted by Crippen LogP contribution is 2.31. The van der Waals surface area contributed by atoms with Crippen LogP contribution >= 0.6 is 11.3 Å². The van der Waals surface area contributed by atoms with Crippen molar-refractivity contribution in [1.82, 2.24) is 14.6 Å². The maximum Gasteiger partial charge on any atom is 0.342 e. The number of aryl methyl sites for hydroxylation is 1. The summed E-state index contributed by atoms with van der Waals surface area (Å²) in [4.78, 5) is 17.9. The van der Waals surface area contributed by atoms with Crippen molar-refractivity contribution < 1.29 is 19.0 Å². The number of thiazole rings is 1. The van der Waals surface area contributed by atoms with Gasteiger partial charge in [-0.05, 0) is 31.2 Å². The van der Waals surface area contributed by atoms with Crippen molar-refractivity contribution >= 4 is 27.8 Å². The van der Waals surface area contributed by atoms with Crippen LogP contribution in [0.25, 0.3) is 21.9 Å². The number of methoxy groups -OCH3 is 3. The van der Waals surface area contributed by atoms with Crippen molar-refractivity contribution in [2.75, 3.05) is 21.3 Å². The summed E-state index contributed by atoms with van der Waals surface area (Å²) in [5.41, 5.74) is 2.02. The lowest BCUT2D eigenvalue weighted by atomic mass is 10.2. The number of ether oxygens (including phenoxy) is 3. The Labute approximate surface area is 148 Å². The SMILES string of the molecule is CO/C=C(/C(=O)OC)c1sc2nc(-c3ccc(OC)cc3)nn2c1C. The van der Waals surface area contributed by atoms with Crippen LogP contribution in [0, 0.1) is 6.92 Å². The fraction of sp³-hybridized carbons (Fsp3) is 0.235. The number of benzene rings is 1. The van der Waals surface area contributed by atoms with Crippen LogP contribution in [0.4, 0.5) is 0 Å². The number of nitrogens with zero attached hydrogens (tertiary/aromatic N) is 3. The first kappa shape index (κ1) is 17.0. The standard InChI is InChI=1S/C17H17N3O4S/c1-10-14(13(9-22-2)16(21)24-4)25-17-18-15(19-20(10)17)11-5-7-12(23-3)8-6-11/h5-9H,1-4H3/b13-9+. The number of hydrogen-bond donors (Lipinski definition) is 0. The first-order valence-corrected chi connectivity index (χ1v) is 8.23. The predicted molar refractivity (Wildman–Crippen MR) is 94.6 cm³/mol. The van der Waals surface area contributed by atoms with Crippen LogP contribution in [0.3, 0.4) is 0 Å². The van der Waals surface area contributed by atoms with Crippen LogP contribution < -0.4 is 4.74 Å². The molecule has 7 nitrogen and oxygen atoms in total. The molecule has 0 aliphatic rings. The summed E-state index contributed by atoms with van der Waals surface area (Å²) in [6.45, 7) is 1.87. The number of hydrogen-bond acceptors (Lipinski definition) is 7. The lowest BCUT2D eigenvalue weighted by Crippen LogP contribution is -2.05. The van der Waals surface area contributed by atoms with Crippen molar-refractivity contribution in [2.24, 2.45) is 0 Å². The molecular weight excluding hydrogens is 342 g/mol. The second-order valence-corrected chi connectivity index (χ2v) is 6.11. The third-order valence-electron chi connectivity index (χ3n) is 3.65. The van der Waals surface area contributed by atoms with Crippen LogP contribution in [0.1, 0.15) is 10.6 Å². The van der Waals surface area contributed by atoms with E-state index in [1.165, 1.54) is 31.8 Å². The maximum atomic E-state index is 12.0. The van der Waals surface area contributed by atoms with Gasteiger partial charge in [0.2, 0.25) is 4.96 Å². The first-order valence-electron chi connectivity index (χ1n) is 7.41. The van der Waals surface area contributed by atoms with Gasteiger partial charge in [-0.2, -0.15) is 4.98 Å². The van der Waals surface area contributed by atoms with Gasteiger partial charge in [0.1, 0.15) is 11.3 Å². The van der Waals surface area contributed by atoms with Gasteiger partial charge in [-0.15, -0.1) is 5.10 Å². The quantitative estimate of drug-likeness (QED) is 0.396. The minimum absolute atomic E-state index is 0.339. The van der Waals surface area contributed by atoms with E-state index in [-0.39, 0.29) is 0 Å². The molecule has 0 N–H and O–H groups in total. The number of carbonyl (C=O) groups excluding carboxylic acids is 1. The molecule has 0 aliphatic carbocycles. The summed E-state index contributed by atoms with van der Waals surface area (Å²) < 4.78 is 16.7. The Balaban J connectivity index is 2.03. The molecule has 0 saturated carbocycles. The van der Waals surface area contributed by atoms with E-state index < -0.39 is 5.97 Å². The van der Waals surface area contributed by atoms with Gasteiger partial charge in [-0.3, -0.25) is 0 Å². The van der Waals surface area contributed by atoms with Crippen LogP contribution in [0.2, 0.25) is 0 Å². The Hall–Kier alpha value is -2.87. The third-order valence-corrected chi connectivity index (χ3v) is 4.82. The van der Waals surface area contributed by atoms with E-state index in [0.717, 1.165) is 17.0 Å². The van der Waals surface area contributed by atoms with E-state index in [9.17, 15) is 4.79 Å². The number of aromatic nitrogens is 3. The molecule has 8 heteroatoms. The Morgan fingerprint density at radius 1 is 1.20 bits per heavy atom. The van der Waals surface area contributed by atoms with Crippen molar-refractivity contribution in [3.63, 3.8) is 0 Å². The minimum atomic E-state index is -0.468. The minimum Gasteiger partial charge on any atom is -0.503 e. The molecule has 2 heterocycles. The lowest BCUT2D eigenvalue weighted by Gasteiger charge is -2.03. The van der Waals surface area contributed by atoms with E-state index in [2.05, 4.69) is 10.1 Å². The van der Waals surface area contributed by atoms with Gasteiger partial charge >= 0.3 is 5.97 Å². The van der Waals surface area contributed by atoms with E-state index in [4.69, 9.17) is 14.2 Å². The van der Waals surface area contributed by atoms with Crippen LogP contribution in [-0.2, 0) is 14.3 Å². The van der Waals surface area contributed by atoms with Gasteiger partial charge in [0.25, 0.3) is 0 Å². The predicted octanol–water partition coefficient (Wildman–Crippen LogP) is 2.94. The highest BCUT2D eigenvalue weighted by atomic mass is 32.1. The van der Waals surface area contributed by atoms with Crippen LogP contribution in [0.5, 0.6) is 5.75 Å². The Morgan fingerprint density at radius 2 is 1.92 bits per heavy atom. The largest absolute Gasteiger partial charge is 0.503 e. The fourth-order valence-corrected chi connectivity index (χ4v) is 3.43. The van der Waals surface area contributed by atoms with E-state index >= 15 is 0 Å². The van der Waals surface area contributed by atoms with Gasteiger partial charge in [-0.25, -0.2) is 9.31 Å². The van der Waals surface area contributed by atoms with E-state index in [0.29, 0.717) is 21.2 Å². The number of esters is 1. The molecule has 0 unspecified atom stereocenters. The summed E-state index contributed by atoms with van der Waals surface area (Å²) in [6.07, 6.45) is 1.37. The van der Waals surface area contributed by atoms with Crippen molar-refractivity contribution in [3.05, 3.63) is 41.1 Å². The average molecular weight is 359 g/mol. The maximum absolute atomic E-state index is 12.0. The molecule has 0 aliphatic heterocycles. The zero-order valence-electron chi connectivity index (χ0n) is 14.3. The zero-order valence-corrected chi connectivity index (χ0v) is 15.1. The van der Waals surface area contributed by atoms with E-state index in [1.54, 1.807) is 11.6 Å². The molecule has 3 aromatic rings. The van der Waals surface area contributed by atoms with E-state index in [1.807, 2.05) is 31.2 Å². The highest BCUT2D eigenvalue weighted by Gasteiger charge is 2.22. The highest BCUT2D eigenvalue weighted by molar-refractivity contribution is 7.18. The van der Waals surface area contributed by atoms with Gasteiger partial charge < -0.3 is 14.2 Å². The molecular formula is C17H17N3O4S. The van der Waals surface area contributed by atoms with Gasteiger partial charge in [0.15, 0.2) is 5.82 Å². The second-order valence-electron chi connectivity index (χ2n) is 5.13. The molecule has 25 heavy (non-hydrogen) atoms. The summed E-state index contributed by atoms with van der Waals surface area (Å²) in [5.74, 6) is 0.916. The van der Waals surface area contributed by atoms with Gasteiger partial charge in [0, 0.05) is 5.56 Å². The summed E-state index contributed by atoms with van der Waals surface area (Å²) in [7, 11) is 4.44. The number of carbonyl (C=O) groups is 1. The second kappa shape index (κ2) is 6.94. The molecule has 1 aromatic carbocycles. The molecule has 0 spiro atoms. The normalized spacial score (nSPS) is 11.6. The molecule has 0 radical (unpaired) electrons. The van der Waals surface area contributed by atoms with Gasteiger partial charge in [-0.1, -0.05) is 11.3 Å². The van der Waals surface area contributed by atoms with Crippen molar-refractivity contribution in [1.29, 1.82) is 0 Å². The molecule has 0 atom stereocenters. The zero-order chi connectivity index (χ0) is 18.0. The molecule has 0 bridgehead atoms. The summed E-state index contributed by atoms with van der Waals surface area (Å²) >= 11 is 1.35. The van der Waals surface area contributed by atoms with Crippen molar-refractivity contribution in [2.45, 2.75) is 6.92 Å². The molecule has 0 amide bonds. The summed E-state index contributed by atoms with van der Waals surface area (Å²) in [5, 5.41) is 4.54. The topological polar surface area (TPSA) is 75.0 Å². The molecule has 130 valence electrons. The van der Waals surface area contributed by atoms with Crippen LogP contribution in [0.15, 0.2) is 30.5 Å². The number of fused-ring (bicyclic) bond motifs is 1. The Morgan fingerprint density at radius 3 is 2.48 bits per heavy atom. The number of rotatable bonds is 5. The average Bonchev–Trinajstić information content (AvgIpc) is 3.19. The van der Waals surface area contributed by atoms with Crippen molar-refractivity contribution in [3.8, 4) is 17.1 Å². The Bertz CT molecular complexity index is 941. The smallest absolute Gasteiger partial charge is 0.342 e. The first-order chi connectivity index (χ1) is 12.1.